The zero-order valence-electron chi connectivity index (χ0n) is 12.1. The topological polar surface area (TPSA) is 41.6 Å². The van der Waals surface area contributed by atoms with Crippen LogP contribution in [0.25, 0.3) is 0 Å². The normalized spacial score (nSPS) is 22.2. The number of hydrogen-bond acceptors (Lipinski definition) is 3. The molecule has 0 aromatic heterocycles. The van der Waals surface area contributed by atoms with Gasteiger partial charge in [0.25, 0.3) is 0 Å². The van der Waals surface area contributed by atoms with Gasteiger partial charge < -0.3 is 10.1 Å². The second-order valence-electron chi connectivity index (χ2n) is 5.76. The Hall–Kier alpha value is -1.62. The quantitative estimate of drug-likeness (QED) is 0.871. The molecule has 114 valence electrons. The maximum atomic E-state index is 13.4. The highest BCUT2D eigenvalue weighted by Gasteiger charge is 2.33. The Morgan fingerprint density at radius 1 is 1.33 bits per heavy atom. The Labute approximate surface area is 124 Å². The van der Waals surface area contributed by atoms with Crippen molar-refractivity contribution in [3.63, 3.8) is 0 Å². The number of carbonyl (C=O) groups excluding carboxylic acids is 1. The highest BCUT2D eigenvalue weighted by molar-refractivity contribution is 5.82. The second-order valence-corrected chi connectivity index (χ2v) is 5.76. The summed E-state index contributed by atoms with van der Waals surface area (Å²) in [5, 5.41) is 3.06. The second kappa shape index (κ2) is 6.43. The summed E-state index contributed by atoms with van der Waals surface area (Å²) in [4.78, 5) is 14.3. The number of ether oxygens (including phenoxy) is 1. The number of nitrogens with one attached hydrogen (secondary N) is 1. The summed E-state index contributed by atoms with van der Waals surface area (Å²) in [6.45, 7) is 1.95. The van der Waals surface area contributed by atoms with E-state index in [1.165, 1.54) is 6.07 Å². The van der Waals surface area contributed by atoms with E-state index in [2.05, 4.69) is 10.2 Å². The van der Waals surface area contributed by atoms with Gasteiger partial charge >= 0.3 is 0 Å². The standard InChI is InChI=1S/C16H21FN2O2/c17-13-4-1-2-6-15(13)21-11-10-19-9-3-5-14(19)16(20)18-12-7-8-12/h1-2,4,6,12,14H,3,5,7-11H2,(H,18,20). The number of rotatable bonds is 6. The van der Waals surface area contributed by atoms with E-state index in [4.69, 9.17) is 4.74 Å². The first-order valence-corrected chi connectivity index (χ1v) is 7.66. The van der Waals surface area contributed by atoms with Gasteiger partial charge in [-0.2, -0.15) is 0 Å². The summed E-state index contributed by atoms with van der Waals surface area (Å²) >= 11 is 0. The number of amides is 1. The van der Waals surface area contributed by atoms with Crippen LogP contribution in [0.15, 0.2) is 24.3 Å². The lowest BCUT2D eigenvalue weighted by Gasteiger charge is -2.23. The minimum absolute atomic E-state index is 0.0465. The molecule has 0 bridgehead atoms. The number of halogens is 1. The Kier molecular flexibility index (Phi) is 4.39. The number of likely N-dealkylation sites (tertiary alicyclic amines) is 1. The molecule has 3 rings (SSSR count). The smallest absolute Gasteiger partial charge is 0.237 e. The summed E-state index contributed by atoms with van der Waals surface area (Å²) < 4.78 is 18.9. The van der Waals surface area contributed by atoms with Gasteiger partial charge in [-0.25, -0.2) is 4.39 Å². The Morgan fingerprint density at radius 3 is 2.90 bits per heavy atom. The lowest BCUT2D eigenvalue weighted by molar-refractivity contribution is -0.125. The predicted molar refractivity (Wildman–Crippen MR) is 77.7 cm³/mol. The van der Waals surface area contributed by atoms with Crippen LogP contribution in [-0.2, 0) is 4.79 Å². The fourth-order valence-corrected chi connectivity index (χ4v) is 2.75. The molecule has 1 heterocycles. The fourth-order valence-electron chi connectivity index (χ4n) is 2.75. The van der Waals surface area contributed by atoms with E-state index in [-0.39, 0.29) is 23.5 Å². The van der Waals surface area contributed by atoms with Gasteiger partial charge in [0.2, 0.25) is 5.91 Å². The molecular weight excluding hydrogens is 271 g/mol. The van der Waals surface area contributed by atoms with Gasteiger partial charge in [-0.1, -0.05) is 12.1 Å². The van der Waals surface area contributed by atoms with Crippen LogP contribution in [-0.4, -0.2) is 42.6 Å². The first kappa shape index (κ1) is 14.3. The number of carbonyl (C=O) groups is 1. The molecule has 1 unspecified atom stereocenters. The molecule has 1 aliphatic heterocycles. The van der Waals surface area contributed by atoms with Crippen molar-refractivity contribution in [3.8, 4) is 5.75 Å². The Bertz CT molecular complexity index is 505. The molecular formula is C16H21FN2O2. The van der Waals surface area contributed by atoms with Gasteiger partial charge in [-0.05, 0) is 44.4 Å². The van der Waals surface area contributed by atoms with E-state index in [0.29, 0.717) is 19.2 Å². The van der Waals surface area contributed by atoms with Crippen LogP contribution in [0.2, 0.25) is 0 Å². The molecule has 21 heavy (non-hydrogen) atoms. The molecule has 1 atom stereocenters. The molecule has 1 N–H and O–H groups in total. The summed E-state index contributed by atoms with van der Waals surface area (Å²) in [5.41, 5.74) is 0. The molecule has 0 spiro atoms. The van der Waals surface area contributed by atoms with Crippen molar-refractivity contribution < 1.29 is 13.9 Å². The Morgan fingerprint density at radius 2 is 2.14 bits per heavy atom. The molecule has 1 saturated carbocycles. The largest absolute Gasteiger partial charge is 0.489 e. The van der Waals surface area contributed by atoms with Crippen molar-refractivity contribution in [2.24, 2.45) is 0 Å². The lowest BCUT2D eigenvalue weighted by atomic mass is 10.2. The molecule has 1 saturated heterocycles. The maximum Gasteiger partial charge on any atom is 0.237 e. The summed E-state index contributed by atoms with van der Waals surface area (Å²) in [7, 11) is 0. The molecule has 2 fully saturated rings. The Balaban J connectivity index is 1.47. The fraction of sp³-hybridized carbons (Fsp3) is 0.562. The van der Waals surface area contributed by atoms with Crippen LogP contribution in [0.4, 0.5) is 4.39 Å². The molecule has 1 aromatic rings. The zero-order chi connectivity index (χ0) is 14.7. The molecule has 1 aromatic carbocycles. The van der Waals surface area contributed by atoms with Crippen molar-refractivity contribution in [1.82, 2.24) is 10.2 Å². The third-order valence-corrected chi connectivity index (χ3v) is 4.06. The van der Waals surface area contributed by atoms with Crippen LogP contribution in [0.3, 0.4) is 0 Å². The summed E-state index contributed by atoms with van der Waals surface area (Å²) in [6.07, 6.45) is 4.14. The minimum Gasteiger partial charge on any atom is -0.489 e. The average molecular weight is 292 g/mol. The predicted octanol–water partition coefficient (Wildman–Crippen LogP) is 1.95. The zero-order valence-corrected chi connectivity index (χ0v) is 12.1. The van der Waals surface area contributed by atoms with Crippen molar-refractivity contribution >= 4 is 5.91 Å². The van der Waals surface area contributed by atoms with E-state index >= 15 is 0 Å². The molecule has 1 aliphatic carbocycles. The molecule has 4 nitrogen and oxygen atoms in total. The molecule has 1 amide bonds. The number of hydrogen-bond donors (Lipinski definition) is 1. The lowest BCUT2D eigenvalue weighted by Crippen LogP contribution is -2.45. The van der Waals surface area contributed by atoms with Crippen LogP contribution < -0.4 is 10.1 Å². The molecule has 0 radical (unpaired) electrons. The van der Waals surface area contributed by atoms with Crippen LogP contribution >= 0.6 is 0 Å². The van der Waals surface area contributed by atoms with Crippen molar-refractivity contribution in [3.05, 3.63) is 30.1 Å². The van der Waals surface area contributed by atoms with Crippen LogP contribution in [0.1, 0.15) is 25.7 Å². The van der Waals surface area contributed by atoms with E-state index in [1.807, 2.05) is 0 Å². The third kappa shape index (κ3) is 3.73. The monoisotopic (exact) mass is 292 g/mol. The SMILES string of the molecule is O=C(NC1CC1)C1CCCN1CCOc1ccccc1F. The van der Waals surface area contributed by atoms with Gasteiger partial charge in [0.1, 0.15) is 6.61 Å². The molecule has 2 aliphatic rings. The van der Waals surface area contributed by atoms with Gasteiger partial charge in [-0.3, -0.25) is 9.69 Å². The van der Waals surface area contributed by atoms with Crippen LogP contribution in [0, 0.1) is 5.82 Å². The van der Waals surface area contributed by atoms with Crippen molar-refractivity contribution in [2.75, 3.05) is 19.7 Å². The number of benzene rings is 1. The van der Waals surface area contributed by atoms with Gasteiger partial charge in [0, 0.05) is 12.6 Å². The first-order valence-electron chi connectivity index (χ1n) is 7.66. The maximum absolute atomic E-state index is 13.4. The van der Waals surface area contributed by atoms with Gasteiger partial charge in [0.15, 0.2) is 11.6 Å². The van der Waals surface area contributed by atoms with Gasteiger partial charge in [-0.15, -0.1) is 0 Å². The van der Waals surface area contributed by atoms with E-state index in [0.717, 1.165) is 32.2 Å². The number of nitrogens with zero attached hydrogens (tertiary/aromatic N) is 1. The van der Waals surface area contributed by atoms with Gasteiger partial charge in [0.05, 0.1) is 6.04 Å². The van der Waals surface area contributed by atoms with E-state index in [9.17, 15) is 9.18 Å². The van der Waals surface area contributed by atoms with Crippen LogP contribution in [0.5, 0.6) is 5.75 Å². The van der Waals surface area contributed by atoms with E-state index < -0.39 is 0 Å². The van der Waals surface area contributed by atoms with Crippen molar-refractivity contribution in [1.29, 1.82) is 0 Å². The first-order chi connectivity index (χ1) is 10.2. The highest BCUT2D eigenvalue weighted by Crippen LogP contribution is 2.22. The number of para-hydroxylation sites is 1. The summed E-state index contributed by atoms with van der Waals surface area (Å²) in [5.74, 6) is 0.0681. The molecule has 5 heteroatoms. The summed E-state index contributed by atoms with van der Waals surface area (Å²) in [6, 6.07) is 6.75. The van der Waals surface area contributed by atoms with Crippen molar-refractivity contribution in [2.45, 2.75) is 37.8 Å². The average Bonchev–Trinajstić information content (AvgIpc) is 3.16. The van der Waals surface area contributed by atoms with E-state index in [1.54, 1.807) is 18.2 Å². The minimum atomic E-state index is -0.345. The highest BCUT2D eigenvalue weighted by atomic mass is 19.1. The third-order valence-electron chi connectivity index (χ3n) is 4.06.